The quantitative estimate of drug-likeness (QED) is 0.494. The molecular weight excluding hydrogens is 482 g/mol. The SMILES string of the molecule is COc1cccc([C@H]2C(C(=O)OC(C)C)=C(C)N=C3SC=C(CC(=O)NC[C@@H]4CCCO4)N32)c1OC. The standard InChI is InChI=1S/C26H33N3O6S/c1-15(2)35-25(31)22-16(3)28-26-29(23(22)19-9-6-10-20(32-4)24(19)33-5)17(14-36-26)12-21(30)27-13-18-8-7-11-34-18/h6,9-10,14-15,18,23H,7-8,11-13H2,1-5H3,(H,27,30)/t18-,23-/m0/s1. The van der Waals surface area contributed by atoms with Gasteiger partial charge in [-0.25, -0.2) is 9.79 Å². The summed E-state index contributed by atoms with van der Waals surface area (Å²) in [7, 11) is 3.13. The number of esters is 1. The van der Waals surface area contributed by atoms with E-state index in [-0.39, 0.29) is 24.5 Å². The minimum Gasteiger partial charge on any atom is -0.493 e. The molecule has 1 aromatic carbocycles. The highest BCUT2D eigenvalue weighted by atomic mass is 32.2. The Labute approximate surface area is 215 Å². The number of hydrogen-bond acceptors (Lipinski definition) is 9. The lowest BCUT2D eigenvalue weighted by Crippen LogP contribution is -2.39. The van der Waals surface area contributed by atoms with Crippen molar-refractivity contribution in [1.29, 1.82) is 0 Å². The predicted molar refractivity (Wildman–Crippen MR) is 138 cm³/mol. The molecule has 36 heavy (non-hydrogen) atoms. The molecule has 1 N–H and O–H groups in total. The number of benzene rings is 1. The van der Waals surface area contributed by atoms with Crippen molar-refractivity contribution in [3.8, 4) is 11.5 Å². The van der Waals surface area contributed by atoms with Gasteiger partial charge in [0.15, 0.2) is 16.7 Å². The summed E-state index contributed by atoms with van der Waals surface area (Å²) in [5.41, 5.74) is 2.41. The van der Waals surface area contributed by atoms with Gasteiger partial charge < -0.3 is 29.2 Å². The van der Waals surface area contributed by atoms with Crippen LogP contribution in [0.25, 0.3) is 0 Å². The van der Waals surface area contributed by atoms with E-state index in [1.807, 2.05) is 36.3 Å². The van der Waals surface area contributed by atoms with Gasteiger partial charge in [0.25, 0.3) is 0 Å². The number of hydrogen-bond donors (Lipinski definition) is 1. The Morgan fingerprint density at radius 3 is 2.75 bits per heavy atom. The number of amidine groups is 1. The summed E-state index contributed by atoms with van der Waals surface area (Å²) in [6, 6.07) is 4.94. The van der Waals surface area contributed by atoms with Crippen molar-refractivity contribution >= 4 is 28.8 Å². The minimum atomic E-state index is -0.610. The highest BCUT2D eigenvalue weighted by Crippen LogP contribution is 2.48. The molecule has 1 saturated heterocycles. The van der Waals surface area contributed by atoms with Crippen LogP contribution in [-0.4, -0.2) is 61.5 Å². The second kappa shape index (κ2) is 11.4. The zero-order valence-corrected chi connectivity index (χ0v) is 22.1. The maximum atomic E-state index is 13.4. The molecule has 1 fully saturated rings. The lowest BCUT2D eigenvalue weighted by molar-refractivity contribution is -0.143. The molecule has 0 saturated carbocycles. The molecule has 0 unspecified atom stereocenters. The van der Waals surface area contributed by atoms with Crippen molar-refractivity contribution in [3.05, 3.63) is 46.1 Å². The highest BCUT2D eigenvalue weighted by Gasteiger charge is 2.43. The Balaban J connectivity index is 1.69. The van der Waals surface area contributed by atoms with E-state index in [1.165, 1.54) is 11.8 Å². The average Bonchev–Trinajstić information content (AvgIpc) is 3.51. The predicted octanol–water partition coefficient (Wildman–Crippen LogP) is 3.92. The summed E-state index contributed by atoms with van der Waals surface area (Å²) in [4.78, 5) is 32.9. The smallest absolute Gasteiger partial charge is 0.338 e. The molecule has 1 amide bonds. The number of rotatable bonds is 9. The normalized spacial score (nSPS) is 21.2. The molecule has 0 aromatic heterocycles. The van der Waals surface area contributed by atoms with E-state index >= 15 is 0 Å². The van der Waals surface area contributed by atoms with E-state index in [4.69, 9.17) is 23.9 Å². The van der Waals surface area contributed by atoms with Gasteiger partial charge in [0.1, 0.15) is 0 Å². The average molecular weight is 516 g/mol. The number of amides is 1. The van der Waals surface area contributed by atoms with Crippen LogP contribution in [0.4, 0.5) is 0 Å². The lowest BCUT2D eigenvalue weighted by atomic mass is 9.92. The molecule has 10 heteroatoms. The number of carbonyl (C=O) groups excluding carboxylic acids is 2. The van der Waals surface area contributed by atoms with Gasteiger partial charge in [-0.2, -0.15) is 0 Å². The van der Waals surface area contributed by atoms with Crippen LogP contribution in [0.5, 0.6) is 11.5 Å². The number of ether oxygens (including phenoxy) is 4. The summed E-state index contributed by atoms with van der Waals surface area (Å²) < 4.78 is 22.5. The lowest BCUT2D eigenvalue weighted by Gasteiger charge is -2.37. The molecule has 9 nitrogen and oxygen atoms in total. The zero-order chi connectivity index (χ0) is 25.8. The number of para-hydroxylation sites is 1. The Bertz CT molecular complexity index is 1110. The third kappa shape index (κ3) is 5.39. The van der Waals surface area contributed by atoms with E-state index in [9.17, 15) is 9.59 Å². The molecule has 0 radical (unpaired) electrons. The summed E-state index contributed by atoms with van der Waals surface area (Å²) in [5.74, 6) is 0.472. The van der Waals surface area contributed by atoms with Gasteiger partial charge in [-0.05, 0) is 45.1 Å². The van der Waals surface area contributed by atoms with Gasteiger partial charge >= 0.3 is 5.97 Å². The van der Waals surface area contributed by atoms with Crippen LogP contribution in [0.2, 0.25) is 0 Å². The third-order valence-electron chi connectivity index (χ3n) is 6.18. The number of carbonyl (C=O) groups is 2. The fourth-order valence-corrected chi connectivity index (χ4v) is 5.55. The van der Waals surface area contributed by atoms with E-state index in [0.29, 0.717) is 40.0 Å². The number of nitrogens with zero attached hydrogens (tertiary/aromatic N) is 2. The Morgan fingerprint density at radius 1 is 1.28 bits per heavy atom. The Kier molecular flexibility index (Phi) is 8.25. The number of allylic oxidation sites excluding steroid dienone is 1. The second-order valence-corrected chi connectivity index (χ2v) is 9.88. The van der Waals surface area contributed by atoms with E-state index in [2.05, 4.69) is 5.32 Å². The van der Waals surface area contributed by atoms with Crippen LogP contribution in [0, 0.1) is 0 Å². The molecule has 4 rings (SSSR count). The first-order chi connectivity index (χ1) is 17.3. The topological polar surface area (TPSA) is 98.7 Å². The molecule has 1 aromatic rings. The van der Waals surface area contributed by atoms with Gasteiger partial charge in [0.2, 0.25) is 5.91 Å². The number of aliphatic imine (C=N–C) groups is 1. The molecule has 194 valence electrons. The number of nitrogens with one attached hydrogen (secondary N) is 1. The van der Waals surface area contributed by atoms with Crippen molar-refractivity contribution in [1.82, 2.24) is 10.2 Å². The van der Waals surface area contributed by atoms with Crippen LogP contribution in [0.3, 0.4) is 0 Å². The van der Waals surface area contributed by atoms with Gasteiger partial charge in [0, 0.05) is 24.4 Å². The second-order valence-electron chi connectivity index (χ2n) is 9.05. The number of methoxy groups -OCH3 is 2. The van der Waals surface area contributed by atoms with E-state index in [0.717, 1.165) is 25.1 Å². The summed E-state index contributed by atoms with van der Waals surface area (Å²) >= 11 is 1.42. The Hall–Kier alpha value is -2.98. The first-order valence-electron chi connectivity index (χ1n) is 12.1. The van der Waals surface area contributed by atoms with E-state index in [1.54, 1.807) is 27.2 Å². The van der Waals surface area contributed by atoms with Crippen LogP contribution in [-0.2, 0) is 19.1 Å². The molecule has 3 heterocycles. The Morgan fingerprint density at radius 2 is 2.08 bits per heavy atom. The van der Waals surface area contributed by atoms with Crippen molar-refractivity contribution < 1.29 is 28.5 Å². The fourth-order valence-electron chi connectivity index (χ4n) is 4.59. The van der Waals surface area contributed by atoms with Gasteiger partial charge in [-0.1, -0.05) is 23.9 Å². The van der Waals surface area contributed by atoms with Crippen molar-refractivity contribution in [3.63, 3.8) is 0 Å². The number of fused-ring (bicyclic) bond motifs is 1. The molecule has 0 aliphatic carbocycles. The minimum absolute atomic E-state index is 0.0600. The van der Waals surface area contributed by atoms with Crippen molar-refractivity contribution in [2.24, 2.45) is 4.99 Å². The summed E-state index contributed by atoms with van der Waals surface area (Å²) in [6.07, 6.45) is 1.85. The largest absolute Gasteiger partial charge is 0.493 e. The summed E-state index contributed by atoms with van der Waals surface area (Å²) in [5, 5.41) is 5.58. The van der Waals surface area contributed by atoms with E-state index < -0.39 is 12.0 Å². The third-order valence-corrected chi connectivity index (χ3v) is 7.07. The zero-order valence-electron chi connectivity index (χ0n) is 21.3. The monoisotopic (exact) mass is 515 g/mol. The molecule has 0 spiro atoms. The highest BCUT2D eigenvalue weighted by molar-refractivity contribution is 8.16. The van der Waals surface area contributed by atoms with Crippen LogP contribution in [0.15, 0.2) is 45.6 Å². The molecule has 3 aliphatic rings. The van der Waals surface area contributed by atoms with Crippen molar-refractivity contribution in [2.75, 3.05) is 27.4 Å². The molecule has 2 atom stereocenters. The van der Waals surface area contributed by atoms with Crippen LogP contribution < -0.4 is 14.8 Å². The first-order valence-corrected chi connectivity index (χ1v) is 13.0. The number of thioether (sulfide) groups is 1. The van der Waals surface area contributed by atoms with Gasteiger partial charge in [-0.15, -0.1) is 0 Å². The maximum absolute atomic E-state index is 13.4. The van der Waals surface area contributed by atoms with Crippen LogP contribution in [0.1, 0.15) is 51.6 Å². The van der Waals surface area contributed by atoms with Crippen molar-refractivity contribution in [2.45, 2.75) is 58.3 Å². The first kappa shape index (κ1) is 26.1. The maximum Gasteiger partial charge on any atom is 0.338 e. The molecule has 3 aliphatic heterocycles. The van der Waals surface area contributed by atoms with Crippen LogP contribution >= 0.6 is 11.8 Å². The fraction of sp³-hybridized carbons (Fsp3) is 0.500. The van der Waals surface area contributed by atoms with Gasteiger partial charge in [-0.3, -0.25) is 4.79 Å². The van der Waals surface area contributed by atoms with Gasteiger partial charge in [0.05, 0.1) is 50.2 Å². The summed E-state index contributed by atoms with van der Waals surface area (Å²) in [6.45, 7) is 6.64. The molecule has 0 bridgehead atoms. The molecular formula is C26H33N3O6S.